The minimum absolute atomic E-state index is 0.615. The SMILES string of the molecule is COc1ccc2ccnc(/C=C/C(=O)O)c2c1. The Hall–Kier alpha value is -2.36. The van der Waals surface area contributed by atoms with E-state index in [0.717, 1.165) is 22.6 Å². The summed E-state index contributed by atoms with van der Waals surface area (Å²) in [5, 5.41) is 10.5. The maximum atomic E-state index is 10.5. The number of ether oxygens (including phenoxy) is 1. The predicted molar refractivity (Wildman–Crippen MR) is 65.0 cm³/mol. The van der Waals surface area contributed by atoms with Crippen LogP contribution in [0.4, 0.5) is 0 Å². The summed E-state index contributed by atoms with van der Waals surface area (Å²) < 4.78 is 5.13. The average Bonchev–Trinajstić information content (AvgIpc) is 2.35. The van der Waals surface area contributed by atoms with Gasteiger partial charge in [-0.1, -0.05) is 6.07 Å². The number of hydrogen-bond donors (Lipinski definition) is 1. The van der Waals surface area contributed by atoms with E-state index in [-0.39, 0.29) is 0 Å². The van der Waals surface area contributed by atoms with E-state index in [9.17, 15) is 4.79 Å². The smallest absolute Gasteiger partial charge is 0.328 e. The predicted octanol–water partition coefficient (Wildman–Crippen LogP) is 2.34. The van der Waals surface area contributed by atoms with E-state index in [1.165, 1.54) is 6.08 Å². The lowest BCUT2D eigenvalue weighted by Crippen LogP contribution is -1.89. The fourth-order valence-corrected chi connectivity index (χ4v) is 1.58. The minimum Gasteiger partial charge on any atom is -0.497 e. The van der Waals surface area contributed by atoms with Gasteiger partial charge in [-0.3, -0.25) is 4.98 Å². The second-order valence-corrected chi connectivity index (χ2v) is 3.45. The number of fused-ring (bicyclic) bond motifs is 1. The van der Waals surface area contributed by atoms with Crippen molar-refractivity contribution in [1.82, 2.24) is 4.98 Å². The van der Waals surface area contributed by atoms with Crippen molar-refractivity contribution in [2.45, 2.75) is 0 Å². The quantitative estimate of drug-likeness (QED) is 0.820. The third kappa shape index (κ3) is 2.42. The highest BCUT2D eigenvalue weighted by Crippen LogP contribution is 2.23. The first-order chi connectivity index (χ1) is 8.20. The molecule has 0 bridgehead atoms. The molecule has 0 aliphatic heterocycles. The van der Waals surface area contributed by atoms with Gasteiger partial charge in [0.1, 0.15) is 5.75 Å². The molecule has 0 unspecified atom stereocenters. The molecule has 1 aromatic carbocycles. The zero-order valence-corrected chi connectivity index (χ0v) is 9.25. The van der Waals surface area contributed by atoms with Crippen LogP contribution in [0.15, 0.2) is 36.5 Å². The molecule has 1 aromatic heterocycles. The number of carbonyl (C=O) groups is 1. The summed E-state index contributed by atoms with van der Waals surface area (Å²) in [6, 6.07) is 7.47. The number of hydrogen-bond acceptors (Lipinski definition) is 3. The van der Waals surface area contributed by atoms with Crippen molar-refractivity contribution in [3.8, 4) is 5.75 Å². The summed E-state index contributed by atoms with van der Waals surface area (Å²) in [5.41, 5.74) is 0.615. The first-order valence-electron chi connectivity index (χ1n) is 5.04. The van der Waals surface area contributed by atoms with Crippen molar-refractivity contribution in [1.29, 1.82) is 0 Å². The molecule has 1 heterocycles. The van der Waals surface area contributed by atoms with Gasteiger partial charge in [-0.2, -0.15) is 0 Å². The summed E-state index contributed by atoms with van der Waals surface area (Å²) in [6.07, 6.45) is 4.20. The van der Waals surface area contributed by atoms with Gasteiger partial charge in [0.05, 0.1) is 12.8 Å². The number of carboxylic acids is 1. The van der Waals surface area contributed by atoms with Crippen LogP contribution >= 0.6 is 0 Å². The van der Waals surface area contributed by atoms with Crippen LogP contribution in [0.3, 0.4) is 0 Å². The van der Waals surface area contributed by atoms with Crippen molar-refractivity contribution in [2.75, 3.05) is 7.11 Å². The van der Waals surface area contributed by atoms with Gasteiger partial charge >= 0.3 is 5.97 Å². The van der Waals surface area contributed by atoms with E-state index in [1.54, 1.807) is 13.3 Å². The maximum absolute atomic E-state index is 10.5. The highest BCUT2D eigenvalue weighted by Gasteiger charge is 2.01. The molecule has 0 atom stereocenters. The number of nitrogens with zero attached hydrogens (tertiary/aromatic N) is 1. The van der Waals surface area contributed by atoms with Crippen molar-refractivity contribution in [3.63, 3.8) is 0 Å². The van der Waals surface area contributed by atoms with E-state index in [4.69, 9.17) is 9.84 Å². The molecule has 0 aliphatic rings. The monoisotopic (exact) mass is 229 g/mol. The first-order valence-corrected chi connectivity index (χ1v) is 5.04. The molecule has 17 heavy (non-hydrogen) atoms. The number of aromatic nitrogens is 1. The molecule has 1 N–H and O–H groups in total. The molecule has 0 saturated carbocycles. The topological polar surface area (TPSA) is 59.4 Å². The molecule has 86 valence electrons. The second kappa shape index (κ2) is 4.65. The lowest BCUT2D eigenvalue weighted by molar-refractivity contribution is -0.131. The first kappa shape index (κ1) is 11.1. The van der Waals surface area contributed by atoms with Crippen molar-refractivity contribution < 1.29 is 14.6 Å². The molecule has 0 radical (unpaired) electrons. The van der Waals surface area contributed by atoms with Gasteiger partial charge in [-0.15, -0.1) is 0 Å². The van der Waals surface area contributed by atoms with E-state index < -0.39 is 5.97 Å². The summed E-state index contributed by atoms with van der Waals surface area (Å²) in [6.45, 7) is 0. The molecule has 0 aliphatic carbocycles. The van der Waals surface area contributed by atoms with E-state index in [2.05, 4.69) is 4.98 Å². The third-order valence-corrected chi connectivity index (χ3v) is 2.39. The van der Waals surface area contributed by atoms with Crippen LogP contribution in [0.2, 0.25) is 0 Å². The molecular formula is C13H11NO3. The fourth-order valence-electron chi connectivity index (χ4n) is 1.58. The van der Waals surface area contributed by atoms with E-state index in [0.29, 0.717) is 5.69 Å². The summed E-state index contributed by atoms with van der Waals surface area (Å²) in [7, 11) is 1.59. The molecule has 2 aromatic rings. The highest BCUT2D eigenvalue weighted by atomic mass is 16.5. The largest absolute Gasteiger partial charge is 0.497 e. The van der Waals surface area contributed by atoms with Crippen LogP contribution in [-0.4, -0.2) is 23.2 Å². The van der Waals surface area contributed by atoms with Crippen LogP contribution in [0.25, 0.3) is 16.8 Å². The highest BCUT2D eigenvalue weighted by molar-refractivity contribution is 5.93. The van der Waals surface area contributed by atoms with Gasteiger partial charge in [0, 0.05) is 17.7 Å². The van der Waals surface area contributed by atoms with Crippen LogP contribution < -0.4 is 4.74 Å². The molecule has 4 nitrogen and oxygen atoms in total. The summed E-state index contributed by atoms with van der Waals surface area (Å²) in [4.78, 5) is 14.6. The third-order valence-electron chi connectivity index (χ3n) is 2.39. The number of rotatable bonds is 3. The van der Waals surface area contributed by atoms with Crippen molar-refractivity contribution in [2.24, 2.45) is 0 Å². The Balaban J connectivity index is 2.58. The zero-order chi connectivity index (χ0) is 12.3. The normalized spacial score (nSPS) is 10.9. The van der Waals surface area contributed by atoms with Crippen molar-refractivity contribution >= 4 is 22.8 Å². The zero-order valence-electron chi connectivity index (χ0n) is 9.25. The van der Waals surface area contributed by atoms with E-state index in [1.807, 2.05) is 24.3 Å². The Labute approximate surface area is 98.2 Å². The number of carboxylic acid groups (broad SMARTS) is 1. The molecule has 0 saturated heterocycles. The number of methoxy groups -OCH3 is 1. The molecule has 4 heteroatoms. The Morgan fingerprint density at radius 1 is 1.41 bits per heavy atom. The van der Waals surface area contributed by atoms with Crippen molar-refractivity contribution in [3.05, 3.63) is 42.2 Å². The summed E-state index contributed by atoms with van der Waals surface area (Å²) >= 11 is 0. The lowest BCUT2D eigenvalue weighted by Gasteiger charge is -2.04. The molecular weight excluding hydrogens is 218 g/mol. The maximum Gasteiger partial charge on any atom is 0.328 e. The number of aliphatic carboxylic acids is 1. The van der Waals surface area contributed by atoms with Gasteiger partial charge in [-0.05, 0) is 29.7 Å². The van der Waals surface area contributed by atoms with Gasteiger partial charge < -0.3 is 9.84 Å². The number of pyridine rings is 1. The fraction of sp³-hybridized carbons (Fsp3) is 0.0769. The van der Waals surface area contributed by atoms with E-state index >= 15 is 0 Å². The van der Waals surface area contributed by atoms with Gasteiger partial charge in [0.2, 0.25) is 0 Å². The standard InChI is InChI=1S/C13H11NO3/c1-17-10-3-2-9-6-7-14-12(11(9)8-10)4-5-13(15)16/h2-8H,1H3,(H,15,16)/b5-4+. The van der Waals surface area contributed by atoms with Crippen LogP contribution in [-0.2, 0) is 4.79 Å². The Bertz CT molecular complexity index is 590. The van der Waals surface area contributed by atoms with Gasteiger partial charge in [0.25, 0.3) is 0 Å². The average molecular weight is 229 g/mol. The molecule has 0 amide bonds. The Kier molecular flexibility index (Phi) is 3.05. The molecule has 0 fully saturated rings. The van der Waals surface area contributed by atoms with Crippen LogP contribution in [0.5, 0.6) is 5.75 Å². The molecule has 0 spiro atoms. The Morgan fingerprint density at radius 3 is 2.94 bits per heavy atom. The van der Waals surface area contributed by atoms with Gasteiger partial charge in [-0.25, -0.2) is 4.79 Å². The summed E-state index contributed by atoms with van der Waals surface area (Å²) in [5.74, 6) is -0.276. The van der Waals surface area contributed by atoms with Crippen LogP contribution in [0, 0.1) is 0 Å². The Morgan fingerprint density at radius 2 is 2.24 bits per heavy atom. The lowest BCUT2D eigenvalue weighted by atomic mass is 10.1. The van der Waals surface area contributed by atoms with Gasteiger partial charge in [0.15, 0.2) is 0 Å². The van der Waals surface area contributed by atoms with Crippen LogP contribution in [0.1, 0.15) is 5.69 Å². The minimum atomic E-state index is -0.994. The molecule has 2 rings (SSSR count). The number of benzene rings is 1. The second-order valence-electron chi connectivity index (χ2n) is 3.45.